The largest absolute Gasteiger partial charge is 0.494 e. The molecular weight excluding hydrogens is 400 g/mol. The minimum atomic E-state index is -0.248. The topological polar surface area (TPSA) is 64.3 Å². The van der Waals surface area contributed by atoms with Crippen LogP contribution in [0.5, 0.6) is 5.75 Å². The van der Waals surface area contributed by atoms with Crippen LogP contribution in [0.15, 0.2) is 45.3 Å². The second kappa shape index (κ2) is 6.95. The number of nitrogens with one attached hydrogen (secondary N) is 1. The molecule has 2 rings (SSSR count). The Balaban J connectivity index is 2.25. The molecule has 0 radical (unpaired) electrons. The van der Waals surface area contributed by atoms with Crippen molar-refractivity contribution in [1.29, 1.82) is 0 Å². The number of carbonyl (C=O) groups is 1. The van der Waals surface area contributed by atoms with Crippen LogP contribution in [0.25, 0.3) is 0 Å². The maximum atomic E-state index is 12.3. The summed E-state index contributed by atoms with van der Waals surface area (Å²) in [5.74, 6) is 0.331. The highest BCUT2D eigenvalue weighted by Crippen LogP contribution is 2.27. The first-order valence-corrected chi connectivity index (χ1v) is 7.88. The minimum Gasteiger partial charge on any atom is -0.494 e. The minimum absolute atomic E-state index is 0.248. The first-order valence-electron chi connectivity index (χ1n) is 6.29. The standard InChI is InChI=1S/C15H14Br2N2O2/c1-2-21-12-6-9(5-11(18)8-12)15(20)19-14-7-10(16)3-4-13(14)17/h3-8H,2,18H2,1H3,(H,19,20). The zero-order valence-corrected chi connectivity index (χ0v) is 14.5. The van der Waals surface area contributed by atoms with E-state index in [-0.39, 0.29) is 5.91 Å². The van der Waals surface area contributed by atoms with E-state index in [2.05, 4.69) is 37.2 Å². The van der Waals surface area contributed by atoms with Gasteiger partial charge in [-0.25, -0.2) is 0 Å². The van der Waals surface area contributed by atoms with Crippen molar-refractivity contribution in [2.75, 3.05) is 17.7 Å². The molecule has 4 nitrogen and oxygen atoms in total. The van der Waals surface area contributed by atoms with Crippen LogP contribution in [0.4, 0.5) is 11.4 Å². The van der Waals surface area contributed by atoms with Crippen LogP contribution in [0.2, 0.25) is 0 Å². The molecule has 0 heterocycles. The molecule has 0 aliphatic heterocycles. The summed E-state index contributed by atoms with van der Waals surface area (Å²) in [6.45, 7) is 2.39. The molecule has 0 saturated carbocycles. The van der Waals surface area contributed by atoms with E-state index in [0.29, 0.717) is 29.3 Å². The number of hydrogen-bond acceptors (Lipinski definition) is 3. The maximum Gasteiger partial charge on any atom is 0.255 e. The van der Waals surface area contributed by atoms with Crippen molar-refractivity contribution in [3.8, 4) is 5.75 Å². The molecule has 2 aromatic rings. The lowest BCUT2D eigenvalue weighted by molar-refractivity contribution is 0.102. The normalized spacial score (nSPS) is 10.2. The van der Waals surface area contributed by atoms with Gasteiger partial charge in [-0.1, -0.05) is 15.9 Å². The monoisotopic (exact) mass is 412 g/mol. The predicted octanol–water partition coefficient (Wildman–Crippen LogP) is 4.44. The van der Waals surface area contributed by atoms with Gasteiger partial charge in [-0.3, -0.25) is 4.79 Å². The second-order valence-corrected chi connectivity index (χ2v) is 6.07. The summed E-state index contributed by atoms with van der Waals surface area (Å²) in [6.07, 6.45) is 0. The van der Waals surface area contributed by atoms with Crippen LogP contribution < -0.4 is 15.8 Å². The van der Waals surface area contributed by atoms with Crippen LogP contribution in [0, 0.1) is 0 Å². The Bertz CT molecular complexity index is 675. The molecule has 0 aliphatic rings. The summed E-state index contributed by atoms with van der Waals surface area (Å²) in [7, 11) is 0. The molecule has 6 heteroatoms. The lowest BCUT2D eigenvalue weighted by atomic mass is 10.1. The number of hydrogen-bond donors (Lipinski definition) is 2. The summed E-state index contributed by atoms with van der Waals surface area (Å²) < 4.78 is 7.07. The first kappa shape index (κ1) is 15.9. The van der Waals surface area contributed by atoms with Crippen LogP contribution in [-0.2, 0) is 0 Å². The van der Waals surface area contributed by atoms with Gasteiger partial charge < -0.3 is 15.8 Å². The van der Waals surface area contributed by atoms with Gasteiger partial charge in [-0.2, -0.15) is 0 Å². The van der Waals surface area contributed by atoms with Gasteiger partial charge in [0.1, 0.15) is 5.75 Å². The average molecular weight is 414 g/mol. The van der Waals surface area contributed by atoms with Crippen molar-refractivity contribution in [2.45, 2.75) is 6.92 Å². The van der Waals surface area contributed by atoms with Gasteiger partial charge in [-0.05, 0) is 53.2 Å². The highest BCUT2D eigenvalue weighted by atomic mass is 79.9. The molecule has 0 fully saturated rings. The average Bonchev–Trinajstić information content (AvgIpc) is 2.42. The Hall–Kier alpha value is -1.53. The molecule has 0 unspecified atom stereocenters. The van der Waals surface area contributed by atoms with E-state index in [1.807, 2.05) is 25.1 Å². The van der Waals surface area contributed by atoms with Crippen molar-refractivity contribution < 1.29 is 9.53 Å². The Kier molecular flexibility index (Phi) is 5.25. The third-order valence-electron chi connectivity index (χ3n) is 2.68. The van der Waals surface area contributed by atoms with E-state index in [0.717, 1.165) is 8.95 Å². The number of nitrogen functional groups attached to an aromatic ring is 1. The Morgan fingerprint density at radius 3 is 2.71 bits per heavy atom. The highest BCUT2D eigenvalue weighted by Gasteiger charge is 2.11. The molecule has 0 aromatic heterocycles. The van der Waals surface area contributed by atoms with E-state index < -0.39 is 0 Å². The quantitative estimate of drug-likeness (QED) is 0.728. The number of benzene rings is 2. The van der Waals surface area contributed by atoms with Crippen LogP contribution in [0.1, 0.15) is 17.3 Å². The summed E-state index contributed by atoms with van der Waals surface area (Å²) in [4.78, 5) is 12.3. The molecule has 1 amide bonds. The number of halogens is 2. The highest BCUT2D eigenvalue weighted by molar-refractivity contribution is 9.11. The lowest BCUT2D eigenvalue weighted by Gasteiger charge is -2.10. The smallest absolute Gasteiger partial charge is 0.255 e. The Morgan fingerprint density at radius 1 is 1.24 bits per heavy atom. The Labute approximate surface area is 139 Å². The fourth-order valence-corrected chi connectivity index (χ4v) is 2.50. The van der Waals surface area contributed by atoms with Crippen molar-refractivity contribution in [3.05, 3.63) is 50.9 Å². The Morgan fingerprint density at radius 2 is 2.00 bits per heavy atom. The van der Waals surface area contributed by atoms with Crippen molar-refractivity contribution in [3.63, 3.8) is 0 Å². The number of rotatable bonds is 4. The van der Waals surface area contributed by atoms with Gasteiger partial charge in [0, 0.05) is 26.3 Å². The predicted molar refractivity (Wildman–Crippen MR) is 91.8 cm³/mol. The van der Waals surface area contributed by atoms with Gasteiger partial charge in [-0.15, -0.1) is 0 Å². The van der Waals surface area contributed by atoms with Crippen molar-refractivity contribution in [2.24, 2.45) is 0 Å². The number of amides is 1. The molecule has 0 spiro atoms. The SMILES string of the molecule is CCOc1cc(N)cc(C(=O)Nc2cc(Br)ccc2Br)c1. The fourth-order valence-electron chi connectivity index (χ4n) is 1.79. The molecule has 3 N–H and O–H groups in total. The second-order valence-electron chi connectivity index (χ2n) is 4.30. The van der Waals surface area contributed by atoms with Gasteiger partial charge in [0.25, 0.3) is 5.91 Å². The zero-order chi connectivity index (χ0) is 15.4. The van der Waals surface area contributed by atoms with Gasteiger partial charge >= 0.3 is 0 Å². The van der Waals surface area contributed by atoms with Crippen molar-refractivity contribution >= 4 is 49.1 Å². The first-order chi connectivity index (χ1) is 9.99. The molecule has 0 atom stereocenters. The summed E-state index contributed by atoms with van der Waals surface area (Å²) >= 11 is 6.77. The summed E-state index contributed by atoms with van der Waals surface area (Å²) in [6, 6.07) is 10.5. The van der Waals surface area contributed by atoms with E-state index in [4.69, 9.17) is 10.5 Å². The van der Waals surface area contributed by atoms with Gasteiger partial charge in [0.15, 0.2) is 0 Å². The van der Waals surface area contributed by atoms with E-state index in [1.54, 1.807) is 18.2 Å². The van der Waals surface area contributed by atoms with E-state index in [1.165, 1.54) is 0 Å². The fraction of sp³-hybridized carbons (Fsp3) is 0.133. The summed E-state index contributed by atoms with van der Waals surface area (Å²) in [5.41, 5.74) is 7.41. The third kappa shape index (κ3) is 4.22. The van der Waals surface area contributed by atoms with Crippen LogP contribution >= 0.6 is 31.9 Å². The maximum absolute atomic E-state index is 12.3. The lowest BCUT2D eigenvalue weighted by Crippen LogP contribution is -2.13. The number of carbonyl (C=O) groups excluding carboxylic acids is 1. The summed E-state index contributed by atoms with van der Waals surface area (Å²) in [5, 5.41) is 2.84. The number of nitrogens with two attached hydrogens (primary N) is 1. The van der Waals surface area contributed by atoms with Crippen LogP contribution in [-0.4, -0.2) is 12.5 Å². The number of anilines is 2. The van der Waals surface area contributed by atoms with E-state index >= 15 is 0 Å². The zero-order valence-electron chi connectivity index (χ0n) is 11.3. The third-order valence-corrected chi connectivity index (χ3v) is 3.86. The molecule has 2 aromatic carbocycles. The van der Waals surface area contributed by atoms with Crippen LogP contribution in [0.3, 0.4) is 0 Å². The number of ether oxygens (including phenoxy) is 1. The molecule has 0 bridgehead atoms. The molecule has 110 valence electrons. The molecule has 0 aliphatic carbocycles. The van der Waals surface area contributed by atoms with E-state index in [9.17, 15) is 4.79 Å². The molecular formula is C15H14Br2N2O2. The molecule has 21 heavy (non-hydrogen) atoms. The van der Waals surface area contributed by atoms with Gasteiger partial charge in [0.2, 0.25) is 0 Å². The van der Waals surface area contributed by atoms with Crippen molar-refractivity contribution in [1.82, 2.24) is 0 Å². The van der Waals surface area contributed by atoms with Gasteiger partial charge in [0.05, 0.1) is 12.3 Å². The molecule has 0 saturated heterocycles.